The normalized spacial score (nSPS) is 15.9. The van der Waals surface area contributed by atoms with Crippen molar-refractivity contribution in [3.63, 3.8) is 0 Å². The molecule has 1 atom stereocenters. The van der Waals surface area contributed by atoms with Crippen LogP contribution in [0.5, 0.6) is 11.5 Å². The largest absolute Gasteiger partial charge is 0.495 e. The van der Waals surface area contributed by atoms with Crippen LogP contribution in [-0.2, 0) is 25.2 Å². The Morgan fingerprint density at radius 3 is 2.26 bits per heavy atom. The number of carbonyl (C=O) groups excluding carboxylic acids is 3. The van der Waals surface area contributed by atoms with Gasteiger partial charge >= 0.3 is 6.09 Å². The third-order valence-corrected chi connectivity index (χ3v) is 8.91. The van der Waals surface area contributed by atoms with Crippen molar-refractivity contribution in [2.75, 3.05) is 16.7 Å². The molecule has 1 aliphatic heterocycles. The maximum atomic E-state index is 14.4. The summed E-state index contributed by atoms with van der Waals surface area (Å²) < 4.78 is 39.7. The average molecular weight is 641 g/mol. The number of hydrogen-bond donors (Lipinski definition) is 2. The van der Waals surface area contributed by atoms with E-state index >= 15 is 0 Å². The molecule has 0 saturated carbocycles. The van der Waals surface area contributed by atoms with E-state index in [1.54, 1.807) is 42.5 Å². The number of anilines is 2. The summed E-state index contributed by atoms with van der Waals surface area (Å²) >= 11 is 12.8. The van der Waals surface area contributed by atoms with Crippen molar-refractivity contribution >= 4 is 62.5 Å². The van der Waals surface area contributed by atoms with E-state index in [0.29, 0.717) is 10.1 Å². The van der Waals surface area contributed by atoms with Gasteiger partial charge < -0.3 is 14.8 Å². The van der Waals surface area contributed by atoms with Gasteiger partial charge in [-0.15, -0.1) is 0 Å². The van der Waals surface area contributed by atoms with E-state index in [1.807, 2.05) is 0 Å². The Morgan fingerprint density at radius 1 is 0.884 bits per heavy atom. The van der Waals surface area contributed by atoms with Gasteiger partial charge in [0.05, 0.1) is 12.8 Å². The van der Waals surface area contributed by atoms with Crippen molar-refractivity contribution in [3.8, 4) is 11.5 Å². The smallest absolute Gasteiger partial charge is 0.417 e. The highest BCUT2D eigenvalue weighted by Crippen LogP contribution is 2.50. The number of nitrogens with one attached hydrogen (secondary N) is 2. The third kappa shape index (κ3) is 5.38. The summed E-state index contributed by atoms with van der Waals surface area (Å²) in [6, 6.07) is 22.6. The van der Waals surface area contributed by atoms with E-state index in [2.05, 4.69) is 10.6 Å². The Balaban J connectivity index is 1.59. The molecule has 4 aromatic carbocycles. The molecule has 220 valence electrons. The molecular weight excluding hydrogens is 617 g/mol. The minimum atomic E-state index is -4.70. The van der Waals surface area contributed by atoms with Gasteiger partial charge in [0.1, 0.15) is 16.4 Å². The van der Waals surface area contributed by atoms with E-state index < -0.39 is 33.5 Å². The molecule has 5 rings (SSSR count). The molecule has 13 heteroatoms. The zero-order valence-electron chi connectivity index (χ0n) is 22.6. The number of para-hydroxylation sites is 1. The fourth-order valence-corrected chi connectivity index (χ4v) is 6.93. The highest BCUT2D eigenvalue weighted by Gasteiger charge is 2.58. The summed E-state index contributed by atoms with van der Waals surface area (Å²) in [7, 11) is -3.46. The van der Waals surface area contributed by atoms with E-state index in [1.165, 1.54) is 62.6 Å². The Kier molecular flexibility index (Phi) is 8.06. The van der Waals surface area contributed by atoms with E-state index in [-0.39, 0.29) is 43.2 Å². The van der Waals surface area contributed by atoms with Crippen molar-refractivity contribution in [3.05, 3.63) is 112 Å². The summed E-state index contributed by atoms with van der Waals surface area (Å²) in [5.74, 6) is -1.49. The number of methoxy groups -OCH3 is 1. The van der Waals surface area contributed by atoms with Crippen molar-refractivity contribution < 1.29 is 32.3 Å². The number of benzene rings is 4. The molecular formula is C30H23Cl2N3O7S. The van der Waals surface area contributed by atoms with Gasteiger partial charge in [0.15, 0.2) is 5.54 Å². The molecule has 0 radical (unpaired) electrons. The SMILES string of the molecule is COc1cc(NC(=O)Oc2ccccc2)ccc1S(=O)(=O)N1C(=O)C(NC(C)=O)(c2ccccc2Cl)c2cc(Cl)ccc21. The van der Waals surface area contributed by atoms with Crippen molar-refractivity contribution in [2.45, 2.75) is 17.4 Å². The Labute approximate surface area is 257 Å². The van der Waals surface area contributed by atoms with Crippen LogP contribution in [-0.4, -0.2) is 33.4 Å². The second kappa shape index (κ2) is 11.6. The summed E-state index contributed by atoms with van der Waals surface area (Å²) in [5.41, 5.74) is -1.63. The van der Waals surface area contributed by atoms with Gasteiger partial charge in [-0.1, -0.05) is 59.6 Å². The number of ether oxygens (including phenoxy) is 2. The third-order valence-electron chi connectivity index (χ3n) is 6.61. The zero-order chi connectivity index (χ0) is 30.9. The summed E-state index contributed by atoms with van der Waals surface area (Å²) in [4.78, 5) is 38.9. The summed E-state index contributed by atoms with van der Waals surface area (Å²) in [5, 5.41) is 5.47. The maximum Gasteiger partial charge on any atom is 0.417 e. The quantitative estimate of drug-likeness (QED) is 0.264. The minimum Gasteiger partial charge on any atom is -0.495 e. The molecule has 4 aromatic rings. The lowest BCUT2D eigenvalue weighted by atomic mass is 9.83. The van der Waals surface area contributed by atoms with Gasteiger partial charge in [0.25, 0.3) is 15.9 Å². The lowest BCUT2D eigenvalue weighted by Crippen LogP contribution is -2.54. The highest BCUT2D eigenvalue weighted by molar-refractivity contribution is 7.93. The lowest BCUT2D eigenvalue weighted by Gasteiger charge is -2.30. The molecule has 0 fully saturated rings. The van der Waals surface area contributed by atoms with Crippen molar-refractivity contribution in [1.82, 2.24) is 5.32 Å². The monoisotopic (exact) mass is 639 g/mol. The molecule has 1 heterocycles. The van der Waals surface area contributed by atoms with Crippen LogP contribution in [0.25, 0.3) is 0 Å². The van der Waals surface area contributed by atoms with Crippen molar-refractivity contribution in [2.24, 2.45) is 0 Å². The highest BCUT2D eigenvalue weighted by atomic mass is 35.5. The number of rotatable bonds is 7. The first-order chi connectivity index (χ1) is 20.5. The molecule has 1 unspecified atom stereocenters. The van der Waals surface area contributed by atoms with Crippen molar-refractivity contribution in [1.29, 1.82) is 0 Å². The molecule has 0 aliphatic carbocycles. The molecule has 0 bridgehead atoms. The number of amides is 3. The first-order valence-corrected chi connectivity index (χ1v) is 14.8. The van der Waals surface area contributed by atoms with Gasteiger partial charge in [-0.3, -0.25) is 14.9 Å². The van der Waals surface area contributed by atoms with Crippen LogP contribution in [0.3, 0.4) is 0 Å². The molecule has 2 N–H and O–H groups in total. The van der Waals surface area contributed by atoms with Crippen LogP contribution in [0, 0.1) is 0 Å². The van der Waals surface area contributed by atoms with Gasteiger partial charge in [0, 0.05) is 39.8 Å². The van der Waals surface area contributed by atoms with Gasteiger partial charge in [-0.05, 0) is 48.5 Å². The molecule has 0 spiro atoms. The summed E-state index contributed by atoms with van der Waals surface area (Å²) in [6.45, 7) is 1.20. The average Bonchev–Trinajstić information content (AvgIpc) is 3.21. The fraction of sp³-hybridized carbons (Fsp3) is 0.100. The molecule has 10 nitrogen and oxygen atoms in total. The van der Waals surface area contributed by atoms with Gasteiger partial charge in [-0.25, -0.2) is 13.2 Å². The topological polar surface area (TPSA) is 131 Å². The Hall–Kier alpha value is -4.58. The number of hydrogen-bond acceptors (Lipinski definition) is 7. The molecule has 43 heavy (non-hydrogen) atoms. The molecule has 0 aromatic heterocycles. The minimum absolute atomic E-state index is 0.0428. The summed E-state index contributed by atoms with van der Waals surface area (Å²) in [6.07, 6.45) is -0.816. The van der Waals surface area contributed by atoms with Crippen LogP contribution < -0.4 is 24.4 Å². The van der Waals surface area contributed by atoms with E-state index in [9.17, 15) is 22.8 Å². The van der Waals surface area contributed by atoms with Crippen LogP contribution in [0.2, 0.25) is 10.0 Å². The second-order valence-corrected chi connectivity index (χ2v) is 11.9. The van der Waals surface area contributed by atoms with Crippen LogP contribution in [0.1, 0.15) is 18.1 Å². The van der Waals surface area contributed by atoms with Gasteiger partial charge in [-0.2, -0.15) is 4.31 Å². The first kappa shape index (κ1) is 29.9. The van der Waals surface area contributed by atoms with Crippen LogP contribution in [0.4, 0.5) is 16.2 Å². The predicted octanol–water partition coefficient (Wildman–Crippen LogP) is 5.73. The number of carbonyl (C=O) groups is 3. The predicted molar refractivity (Wildman–Crippen MR) is 161 cm³/mol. The van der Waals surface area contributed by atoms with Crippen LogP contribution >= 0.6 is 23.2 Å². The van der Waals surface area contributed by atoms with Gasteiger partial charge in [0.2, 0.25) is 5.91 Å². The van der Waals surface area contributed by atoms with E-state index in [4.69, 9.17) is 32.7 Å². The number of fused-ring (bicyclic) bond motifs is 1. The Morgan fingerprint density at radius 2 is 1.58 bits per heavy atom. The fourth-order valence-electron chi connectivity index (χ4n) is 4.87. The number of nitrogens with zero attached hydrogens (tertiary/aromatic N) is 1. The molecule has 3 amide bonds. The lowest BCUT2D eigenvalue weighted by molar-refractivity contribution is -0.128. The Bertz CT molecular complexity index is 1870. The zero-order valence-corrected chi connectivity index (χ0v) is 25.0. The number of halogens is 2. The molecule has 1 aliphatic rings. The molecule has 0 saturated heterocycles. The number of sulfonamides is 1. The standard InChI is InChI=1S/C30H23Cl2N3O7S/c1-18(36)34-30(22-10-6-7-11-24(22)32)23-16-19(31)12-14-25(23)35(28(30)37)43(39,40)27-15-13-20(17-26(27)41-2)33-29(38)42-21-8-4-3-5-9-21/h3-17H,1-2H3,(H,33,38)(H,34,36). The maximum absolute atomic E-state index is 14.4. The first-order valence-electron chi connectivity index (χ1n) is 12.6. The van der Waals surface area contributed by atoms with Crippen LogP contribution in [0.15, 0.2) is 95.9 Å². The van der Waals surface area contributed by atoms with E-state index in [0.717, 1.165) is 0 Å². The second-order valence-electron chi connectivity index (χ2n) is 9.34.